The van der Waals surface area contributed by atoms with E-state index in [1.54, 1.807) is 32.0 Å². The van der Waals surface area contributed by atoms with Crippen LogP contribution < -0.4 is 10.1 Å². The molecule has 0 aliphatic rings. The molecular formula is C21H18N4O2. The third kappa shape index (κ3) is 3.64. The van der Waals surface area contributed by atoms with Crippen LogP contribution in [-0.4, -0.2) is 22.1 Å². The Bertz CT molecular complexity index is 1020. The Hall–Kier alpha value is -3.67. The van der Waals surface area contributed by atoms with E-state index in [4.69, 9.17) is 9.15 Å². The first-order valence-electron chi connectivity index (χ1n) is 8.52. The fourth-order valence-corrected chi connectivity index (χ4v) is 2.83. The molecule has 1 N–H and O–H groups in total. The largest absolute Gasteiger partial charge is 0.496 e. The van der Waals surface area contributed by atoms with Crippen molar-refractivity contribution in [3.05, 3.63) is 78.9 Å². The van der Waals surface area contributed by atoms with Gasteiger partial charge >= 0.3 is 0 Å². The number of aromatic nitrogens is 3. The van der Waals surface area contributed by atoms with Gasteiger partial charge in [-0.25, -0.2) is 9.97 Å². The molecule has 6 heteroatoms. The third-order valence-electron chi connectivity index (χ3n) is 4.16. The smallest absolute Gasteiger partial charge is 0.223 e. The number of benzene rings is 1. The highest BCUT2D eigenvalue weighted by Crippen LogP contribution is 2.31. The van der Waals surface area contributed by atoms with E-state index in [0.29, 0.717) is 18.3 Å². The summed E-state index contributed by atoms with van der Waals surface area (Å²) in [5.41, 5.74) is 3.62. The summed E-state index contributed by atoms with van der Waals surface area (Å²) in [5, 5.41) is 3.26. The highest BCUT2D eigenvalue weighted by Gasteiger charge is 2.14. The van der Waals surface area contributed by atoms with Crippen molar-refractivity contribution in [2.75, 3.05) is 12.4 Å². The molecule has 1 aromatic carbocycles. The maximum Gasteiger partial charge on any atom is 0.223 e. The van der Waals surface area contributed by atoms with Crippen LogP contribution in [0.25, 0.3) is 22.6 Å². The van der Waals surface area contributed by atoms with Crippen LogP contribution in [0.3, 0.4) is 0 Å². The van der Waals surface area contributed by atoms with Crippen molar-refractivity contribution in [3.8, 4) is 28.3 Å². The number of para-hydroxylation sites is 1. The number of pyridine rings is 1. The summed E-state index contributed by atoms with van der Waals surface area (Å²) in [5.74, 6) is 2.03. The zero-order chi connectivity index (χ0) is 18.5. The number of nitrogens with zero attached hydrogens (tertiary/aromatic N) is 3. The minimum Gasteiger partial charge on any atom is -0.496 e. The van der Waals surface area contributed by atoms with Gasteiger partial charge < -0.3 is 14.5 Å². The molecule has 4 aromatic rings. The number of anilines is 1. The van der Waals surface area contributed by atoms with Gasteiger partial charge in [-0.1, -0.05) is 18.2 Å². The van der Waals surface area contributed by atoms with Crippen molar-refractivity contribution in [1.82, 2.24) is 15.0 Å². The van der Waals surface area contributed by atoms with Gasteiger partial charge in [-0.15, -0.1) is 0 Å². The van der Waals surface area contributed by atoms with E-state index in [-0.39, 0.29) is 0 Å². The van der Waals surface area contributed by atoms with Crippen LogP contribution in [-0.2, 0) is 6.54 Å². The van der Waals surface area contributed by atoms with Gasteiger partial charge in [0.25, 0.3) is 0 Å². The van der Waals surface area contributed by atoms with Gasteiger partial charge in [0.15, 0.2) is 5.76 Å². The molecule has 0 bridgehead atoms. The average Bonchev–Trinajstić information content (AvgIpc) is 3.28. The van der Waals surface area contributed by atoms with E-state index in [9.17, 15) is 0 Å². The number of hydrogen-bond acceptors (Lipinski definition) is 6. The van der Waals surface area contributed by atoms with Crippen molar-refractivity contribution in [2.24, 2.45) is 0 Å². The van der Waals surface area contributed by atoms with Crippen LogP contribution in [0.4, 0.5) is 5.95 Å². The first kappa shape index (κ1) is 16.8. The van der Waals surface area contributed by atoms with Gasteiger partial charge in [-0.05, 0) is 35.9 Å². The van der Waals surface area contributed by atoms with Crippen molar-refractivity contribution < 1.29 is 9.15 Å². The zero-order valence-electron chi connectivity index (χ0n) is 14.8. The van der Waals surface area contributed by atoms with Crippen LogP contribution in [0, 0.1) is 0 Å². The summed E-state index contributed by atoms with van der Waals surface area (Å²) >= 11 is 0. The molecule has 0 aliphatic heterocycles. The van der Waals surface area contributed by atoms with Crippen molar-refractivity contribution in [3.63, 3.8) is 0 Å². The molecule has 0 spiro atoms. The Morgan fingerprint density at radius 1 is 1.04 bits per heavy atom. The Morgan fingerprint density at radius 3 is 2.67 bits per heavy atom. The van der Waals surface area contributed by atoms with Crippen LogP contribution in [0.5, 0.6) is 5.75 Å². The summed E-state index contributed by atoms with van der Waals surface area (Å²) in [4.78, 5) is 13.2. The number of nitrogens with one attached hydrogen (secondary N) is 1. The van der Waals surface area contributed by atoms with E-state index < -0.39 is 0 Å². The standard InChI is InChI=1S/C21H18N4O2/c1-26-18-6-3-2-5-16(18)13-23-21-24-14-17(15-8-10-22-11-9-15)20(25-21)19-7-4-12-27-19/h2-12,14H,13H2,1H3,(H,23,24,25). The Balaban J connectivity index is 1.66. The normalized spacial score (nSPS) is 10.6. The number of furan rings is 1. The Kier molecular flexibility index (Phi) is 4.78. The molecule has 134 valence electrons. The SMILES string of the molecule is COc1ccccc1CNc1ncc(-c2ccncc2)c(-c2ccco2)n1. The van der Waals surface area contributed by atoms with E-state index in [2.05, 4.69) is 20.3 Å². The monoisotopic (exact) mass is 358 g/mol. The number of hydrogen-bond donors (Lipinski definition) is 1. The van der Waals surface area contributed by atoms with Gasteiger partial charge in [0, 0.05) is 36.3 Å². The summed E-state index contributed by atoms with van der Waals surface area (Å²) in [7, 11) is 1.66. The maximum atomic E-state index is 5.58. The van der Waals surface area contributed by atoms with Gasteiger partial charge in [-0.3, -0.25) is 4.98 Å². The molecule has 0 amide bonds. The van der Waals surface area contributed by atoms with Gasteiger partial charge in [0.1, 0.15) is 11.4 Å². The molecular weight excluding hydrogens is 340 g/mol. The van der Waals surface area contributed by atoms with Gasteiger partial charge in [0.2, 0.25) is 5.95 Å². The molecule has 3 aromatic heterocycles. The number of methoxy groups -OCH3 is 1. The topological polar surface area (TPSA) is 73.1 Å². The second-order valence-electron chi connectivity index (χ2n) is 5.83. The average molecular weight is 358 g/mol. The first-order valence-corrected chi connectivity index (χ1v) is 8.52. The van der Waals surface area contributed by atoms with Crippen molar-refractivity contribution in [1.29, 1.82) is 0 Å². The lowest BCUT2D eigenvalue weighted by atomic mass is 10.1. The summed E-state index contributed by atoms with van der Waals surface area (Å²) in [6, 6.07) is 15.4. The van der Waals surface area contributed by atoms with Crippen molar-refractivity contribution >= 4 is 5.95 Å². The van der Waals surface area contributed by atoms with Crippen LogP contribution in [0.1, 0.15) is 5.56 Å². The van der Waals surface area contributed by atoms with Gasteiger partial charge in [-0.2, -0.15) is 0 Å². The lowest BCUT2D eigenvalue weighted by Gasteiger charge is -2.12. The van der Waals surface area contributed by atoms with E-state index in [0.717, 1.165) is 28.1 Å². The van der Waals surface area contributed by atoms with E-state index >= 15 is 0 Å². The molecule has 0 saturated heterocycles. The first-order chi connectivity index (χ1) is 13.3. The maximum absolute atomic E-state index is 5.58. The predicted octanol–water partition coefficient (Wildman–Crippen LogP) is 4.42. The molecule has 6 nitrogen and oxygen atoms in total. The summed E-state index contributed by atoms with van der Waals surface area (Å²) < 4.78 is 11.0. The lowest BCUT2D eigenvalue weighted by molar-refractivity contribution is 0.410. The second-order valence-corrected chi connectivity index (χ2v) is 5.83. The summed E-state index contributed by atoms with van der Waals surface area (Å²) in [6.07, 6.45) is 6.92. The highest BCUT2D eigenvalue weighted by atomic mass is 16.5. The minimum atomic E-state index is 0.519. The molecule has 0 unspecified atom stereocenters. The molecule has 0 atom stereocenters. The fourth-order valence-electron chi connectivity index (χ4n) is 2.83. The molecule has 0 fully saturated rings. The molecule has 0 radical (unpaired) electrons. The number of ether oxygens (including phenoxy) is 1. The Morgan fingerprint density at radius 2 is 1.89 bits per heavy atom. The van der Waals surface area contributed by atoms with E-state index in [1.807, 2.05) is 48.5 Å². The fraction of sp³-hybridized carbons (Fsp3) is 0.0952. The number of rotatable bonds is 6. The third-order valence-corrected chi connectivity index (χ3v) is 4.16. The quantitative estimate of drug-likeness (QED) is 0.550. The predicted molar refractivity (Wildman–Crippen MR) is 103 cm³/mol. The lowest BCUT2D eigenvalue weighted by Crippen LogP contribution is -2.06. The molecule has 3 heterocycles. The molecule has 0 aliphatic carbocycles. The van der Waals surface area contributed by atoms with E-state index in [1.165, 1.54) is 0 Å². The van der Waals surface area contributed by atoms with Crippen LogP contribution in [0.15, 0.2) is 77.8 Å². The van der Waals surface area contributed by atoms with Crippen LogP contribution >= 0.6 is 0 Å². The van der Waals surface area contributed by atoms with Gasteiger partial charge in [0.05, 0.1) is 13.4 Å². The molecule has 27 heavy (non-hydrogen) atoms. The second kappa shape index (κ2) is 7.70. The van der Waals surface area contributed by atoms with Crippen molar-refractivity contribution in [2.45, 2.75) is 6.54 Å². The minimum absolute atomic E-state index is 0.519. The summed E-state index contributed by atoms with van der Waals surface area (Å²) in [6.45, 7) is 0.552. The molecule has 4 rings (SSSR count). The zero-order valence-corrected chi connectivity index (χ0v) is 14.8. The molecule has 0 saturated carbocycles. The Labute approximate surface area is 156 Å². The van der Waals surface area contributed by atoms with Crippen LogP contribution in [0.2, 0.25) is 0 Å². The highest BCUT2D eigenvalue weighted by molar-refractivity contribution is 5.78.